The van der Waals surface area contributed by atoms with Gasteiger partial charge in [-0.2, -0.15) is 0 Å². The Kier molecular flexibility index (Phi) is 5.49. The second-order valence-corrected chi connectivity index (χ2v) is 4.80. The van der Waals surface area contributed by atoms with Crippen LogP contribution in [0.4, 0.5) is 0 Å². The molecule has 84 valence electrons. The summed E-state index contributed by atoms with van der Waals surface area (Å²) in [5.74, 6) is 1.70. The van der Waals surface area contributed by atoms with Gasteiger partial charge in [-0.15, -0.1) is 0 Å². The molecule has 0 amide bonds. The van der Waals surface area contributed by atoms with Gasteiger partial charge in [0.2, 0.25) is 0 Å². The quantitative estimate of drug-likeness (QED) is 0.733. The lowest BCUT2D eigenvalue weighted by molar-refractivity contribution is 0.182. The van der Waals surface area contributed by atoms with Crippen LogP contribution in [-0.4, -0.2) is 31.1 Å². The van der Waals surface area contributed by atoms with Crippen molar-refractivity contribution < 1.29 is 0 Å². The maximum Gasteiger partial charge on any atom is -0.00162 e. The van der Waals surface area contributed by atoms with E-state index >= 15 is 0 Å². The first kappa shape index (κ1) is 12.0. The van der Waals surface area contributed by atoms with Gasteiger partial charge >= 0.3 is 0 Å². The highest BCUT2D eigenvalue weighted by molar-refractivity contribution is 4.72. The Hall–Kier alpha value is -0.0800. The first-order valence-electron chi connectivity index (χ1n) is 6.18. The maximum atomic E-state index is 5.62. The lowest BCUT2D eigenvalue weighted by atomic mass is 9.89. The van der Waals surface area contributed by atoms with Crippen molar-refractivity contribution >= 4 is 0 Å². The minimum absolute atomic E-state index is 0.721. The van der Waals surface area contributed by atoms with Crippen LogP contribution < -0.4 is 5.73 Å². The van der Waals surface area contributed by atoms with Crippen molar-refractivity contribution in [1.82, 2.24) is 4.90 Å². The SMILES string of the molecule is CCN1CCC(CCC(C)CN)CC1. The van der Waals surface area contributed by atoms with Gasteiger partial charge in [0.05, 0.1) is 0 Å². The molecule has 1 rings (SSSR count). The van der Waals surface area contributed by atoms with E-state index in [1.807, 2.05) is 0 Å². The molecule has 14 heavy (non-hydrogen) atoms. The van der Waals surface area contributed by atoms with E-state index < -0.39 is 0 Å². The smallest absolute Gasteiger partial charge is 0.00162 e. The molecule has 0 aromatic rings. The van der Waals surface area contributed by atoms with Crippen molar-refractivity contribution in [2.24, 2.45) is 17.6 Å². The molecule has 2 N–H and O–H groups in total. The molecular formula is C12H26N2. The molecule has 1 saturated heterocycles. The first-order valence-corrected chi connectivity index (χ1v) is 6.18. The van der Waals surface area contributed by atoms with E-state index in [9.17, 15) is 0 Å². The highest BCUT2D eigenvalue weighted by Crippen LogP contribution is 2.23. The summed E-state index contributed by atoms with van der Waals surface area (Å²) in [6.45, 7) is 9.24. The van der Waals surface area contributed by atoms with E-state index in [2.05, 4.69) is 18.7 Å². The summed E-state index contributed by atoms with van der Waals surface area (Å²) in [7, 11) is 0. The van der Waals surface area contributed by atoms with Gasteiger partial charge in [-0.3, -0.25) is 0 Å². The molecule has 2 heteroatoms. The van der Waals surface area contributed by atoms with Crippen LogP contribution in [-0.2, 0) is 0 Å². The molecule has 0 aliphatic carbocycles. The fourth-order valence-corrected chi connectivity index (χ4v) is 2.23. The van der Waals surface area contributed by atoms with Gasteiger partial charge in [-0.1, -0.05) is 20.3 Å². The van der Waals surface area contributed by atoms with Crippen molar-refractivity contribution in [2.45, 2.75) is 39.5 Å². The summed E-state index contributed by atoms with van der Waals surface area (Å²) in [4.78, 5) is 2.56. The van der Waals surface area contributed by atoms with Crippen LogP contribution in [0.1, 0.15) is 39.5 Å². The van der Waals surface area contributed by atoms with Gasteiger partial charge in [-0.05, 0) is 57.3 Å². The molecule has 1 unspecified atom stereocenters. The number of hydrogen-bond donors (Lipinski definition) is 1. The van der Waals surface area contributed by atoms with Crippen molar-refractivity contribution in [1.29, 1.82) is 0 Å². The predicted octanol–water partition coefficient (Wildman–Crippen LogP) is 2.09. The topological polar surface area (TPSA) is 29.3 Å². The fraction of sp³-hybridized carbons (Fsp3) is 1.00. The van der Waals surface area contributed by atoms with Gasteiger partial charge < -0.3 is 10.6 Å². The molecule has 0 aromatic carbocycles. The third kappa shape index (κ3) is 3.97. The van der Waals surface area contributed by atoms with E-state index in [-0.39, 0.29) is 0 Å². The fourth-order valence-electron chi connectivity index (χ4n) is 2.23. The Morgan fingerprint density at radius 2 is 2.00 bits per heavy atom. The van der Waals surface area contributed by atoms with Gasteiger partial charge in [-0.25, -0.2) is 0 Å². The second kappa shape index (κ2) is 6.41. The molecule has 0 radical (unpaired) electrons. The molecule has 0 bridgehead atoms. The number of rotatable bonds is 5. The second-order valence-electron chi connectivity index (χ2n) is 4.80. The molecule has 0 spiro atoms. The zero-order valence-electron chi connectivity index (χ0n) is 9.84. The predicted molar refractivity (Wildman–Crippen MR) is 62.3 cm³/mol. The van der Waals surface area contributed by atoms with Crippen LogP contribution >= 0.6 is 0 Å². The zero-order chi connectivity index (χ0) is 10.4. The Balaban J connectivity index is 2.10. The third-order valence-electron chi connectivity index (χ3n) is 3.62. The molecule has 1 aliphatic heterocycles. The molecule has 0 saturated carbocycles. The third-order valence-corrected chi connectivity index (χ3v) is 3.62. The minimum atomic E-state index is 0.721. The summed E-state index contributed by atoms with van der Waals surface area (Å²) in [5.41, 5.74) is 5.62. The molecule has 2 nitrogen and oxygen atoms in total. The standard InChI is InChI=1S/C12H26N2/c1-3-14-8-6-12(7-9-14)5-4-11(2)10-13/h11-12H,3-10,13H2,1-2H3. The number of likely N-dealkylation sites (tertiary alicyclic amines) is 1. The van der Waals surface area contributed by atoms with Gasteiger partial charge in [0.1, 0.15) is 0 Å². The molecule has 1 heterocycles. The monoisotopic (exact) mass is 198 g/mol. The largest absolute Gasteiger partial charge is 0.330 e. The van der Waals surface area contributed by atoms with Crippen LogP contribution in [0, 0.1) is 11.8 Å². The Morgan fingerprint density at radius 1 is 1.36 bits per heavy atom. The first-order chi connectivity index (χ1) is 6.76. The molecule has 1 atom stereocenters. The van der Waals surface area contributed by atoms with Gasteiger partial charge in [0.25, 0.3) is 0 Å². The lowest BCUT2D eigenvalue weighted by Crippen LogP contribution is -2.33. The lowest BCUT2D eigenvalue weighted by Gasteiger charge is -2.31. The van der Waals surface area contributed by atoms with Crippen LogP contribution in [0.5, 0.6) is 0 Å². The molecule has 1 aliphatic rings. The molecule has 0 aromatic heterocycles. The van der Waals surface area contributed by atoms with Crippen LogP contribution in [0.2, 0.25) is 0 Å². The Labute approximate surface area is 88.8 Å². The van der Waals surface area contributed by atoms with Gasteiger partial charge in [0, 0.05) is 0 Å². The van der Waals surface area contributed by atoms with Crippen LogP contribution in [0.15, 0.2) is 0 Å². The number of piperidine rings is 1. The number of nitrogens with two attached hydrogens (primary N) is 1. The van der Waals surface area contributed by atoms with Gasteiger partial charge in [0.15, 0.2) is 0 Å². The van der Waals surface area contributed by atoms with E-state index in [1.165, 1.54) is 45.3 Å². The van der Waals surface area contributed by atoms with Crippen molar-refractivity contribution in [2.75, 3.05) is 26.2 Å². The minimum Gasteiger partial charge on any atom is -0.330 e. The average Bonchev–Trinajstić information content (AvgIpc) is 2.26. The molecular weight excluding hydrogens is 172 g/mol. The van der Waals surface area contributed by atoms with Crippen LogP contribution in [0.3, 0.4) is 0 Å². The van der Waals surface area contributed by atoms with Crippen LogP contribution in [0.25, 0.3) is 0 Å². The number of nitrogens with zero attached hydrogens (tertiary/aromatic N) is 1. The van der Waals surface area contributed by atoms with Crippen molar-refractivity contribution in [3.05, 3.63) is 0 Å². The van der Waals surface area contributed by atoms with E-state index in [0.29, 0.717) is 0 Å². The maximum absolute atomic E-state index is 5.62. The van der Waals surface area contributed by atoms with Crippen molar-refractivity contribution in [3.63, 3.8) is 0 Å². The van der Waals surface area contributed by atoms with Crippen molar-refractivity contribution in [3.8, 4) is 0 Å². The van der Waals surface area contributed by atoms with E-state index in [4.69, 9.17) is 5.73 Å². The highest BCUT2D eigenvalue weighted by Gasteiger charge is 2.17. The highest BCUT2D eigenvalue weighted by atomic mass is 15.1. The van der Waals surface area contributed by atoms with E-state index in [0.717, 1.165) is 18.4 Å². The zero-order valence-corrected chi connectivity index (χ0v) is 9.84. The Morgan fingerprint density at radius 3 is 2.50 bits per heavy atom. The van der Waals surface area contributed by atoms with E-state index in [1.54, 1.807) is 0 Å². The summed E-state index contributed by atoms with van der Waals surface area (Å²) in [5, 5.41) is 0. The normalized spacial score (nSPS) is 22.5. The molecule has 1 fully saturated rings. The average molecular weight is 198 g/mol. The summed E-state index contributed by atoms with van der Waals surface area (Å²) in [6, 6.07) is 0. The summed E-state index contributed by atoms with van der Waals surface area (Å²) >= 11 is 0. The number of hydrogen-bond acceptors (Lipinski definition) is 2. The Bertz CT molecular complexity index is 139. The summed E-state index contributed by atoms with van der Waals surface area (Å²) in [6.07, 6.45) is 5.54. The summed E-state index contributed by atoms with van der Waals surface area (Å²) < 4.78 is 0.